The van der Waals surface area contributed by atoms with E-state index in [-0.39, 0.29) is 19.0 Å². The first-order chi connectivity index (χ1) is 12.8. The van der Waals surface area contributed by atoms with Gasteiger partial charge in [0.1, 0.15) is 11.3 Å². The Morgan fingerprint density at radius 1 is 1.04 bits per heavy atom. The lowest BCUT2D eigenvalue weighted by Crippen LogP contribution is -2.47. The third kappa shape index (κ3) is 3.90. The molecule has 0 atom stereocenters. The van der Waals surface area contributed by atoms with Crippen molar-refractivity contribution in [2.45, 2.75) is 0 Å². The Labute approximate surface area is 165 Å². The molecule has 1 saturated heterocycles. The van der Waals surface area contributed by atoms with Crippen LogP contribution in [0.15, 0.2) is 52.9 Å². The number of aliphatic hydroxyl groups is 1. The van der Waals surface area contributed by atoms with Gasteiger partial charge in [-0.05, 0) is 18.2 Å². The summed E-state index contributed by atoms with van der Waals surface area (Å²) in [4.78, 5) is 4.68. The molecule has 0 radical (unpaired) electrons. The summed E-state index contributed by atoms with van der Waals surface area (Å²) in [5.74, 6) is 1.74. The topological polar surface area (TPSA) is 49.1 Å². The molecule has 5 nitrogen and oxygen atoms in total. The highest BCUT2D eigenvalue weighted by Gasteiger charge is 2.25. The second-order valence-corrected chi connectivity index (χ2v) is 6.56. The fourth-order valence-electron chi connectivity index (χ4n) is 3.63. The van der Waals surface area contributed by atoms with Crippen molar-refractivity contribution < 1.29 is 14.3 Å². The van der Waals surface area contributed by atoms with Gasteiger partial charge in [-0.1, -0.05) is 30.3 Å². The molecule has 2 aromatic carbocycles. The summed E-state index contributed by atoms with van der Waals surface area (Å²) in [6.45, 7) is 4.63. The van der Waals surface area contributed by atoms with Crippen molar-refractivity contribution in [3.05, 3.63) is 48.5 Å². The molecule has 3 aromatic rings. The Kier molecular flexibility index (Phi) is 6.26. The highest BCUT2D eigenvalue weighted by Crippen LogP contribution is 2.42. The molecule has 1 N–H and O–H groups in total. The summed E-state index contributed by atoms with van der Waals surface area (Å²) >= 11 is 0. The standard InChI is InChI=1S/C21H24N2O3.ClH/c1-25-17-7-8-19-18(15-17)20(21(26-19)16-5-3-2-4-6-16)23-11-9-22(10-12-23)13-14-24;/h2-8,15,24H,9-14H2,1H3;1H. The van der Waals surface area contributed by atoms with Gasteiger partial charge in [0.25, 0.3) is 0 Å². The molecule has 0 amide bonds. The molecule has 0 aliphatic carbocycles. The first-order valence-corrected chi connectivity index (χ1v) is 9.04. The maximum absolute atomic E-state index is 9.18. The molecule has 2 heterocycles. The van der Waals surface area contributed by atoms with Crippen LogP contribution in [0.3, 0.4) is 0 Å². The molecule has 27 heavy (non-hydrogen) atoms. The molecule has 0 unspecified atom stereocenters. The van der Waals surface area contributed by atoms with Crippen molar-refractivity contribution in [2.24, 2.45) is 0 Å². The van der Waals surface area contributed by atoms with Gasteiger partial charge in [-0.2, -0.15) is 0 Å². The van der Waals surface area contributed by atoms with E-state index in [2.05, 4.69) is 28.0 Å². The Bertz CT molecular complexity index is 874. The summed E-state index contributed by atoms with van der Waals surface area (Å²) in [5, 5.41) is 10.3. The SMILES string of the molecule is COc1ccc2oc(-c3ccccc3)c(N3CCN(CCO)CC3)c2c1.Cl. The molecule has 1 aliphatic rings. The molecular formula is C21H25ClN2O3. The Hall–Kier alpha value is -2.21. The number of piperazine rings is 1. The molecule has 6 heteroatoms. The van der Waals surface area contributed by atoms with Gasteiger partial charge in [0.2, 0.25) is 0 Å². The number of hydrogen-bond acceptors (Lipinski definition) is 5. The van der Waals surface area contributed by atoms with Crippen LogP contribution in [0, 0.1) is 0 Å². The van der Waals surface area contributed by atoms with E-state index in [0.29, 0.717) is 0 Å². The summed E-state index contributed by atoms with van der Waals surface area (Å²) in [6, 6.07) is 16.2. The lowest BCUT2D eigenvalue weighted by molar-refractivity contribution is 0.189. The van der Waals surface area contributed by atoms with Gasteiger partial charge >= 0.3 is 0 Å². The van der Waals surface area contributed by atoms with E-state index >= 15 is 0 Å². The van der Waals surface area contributed by atoms with E-state index < -0.39 is 0 Å². The highest BCUT2D eigenvalue weighted by atomic mass is 35.5. The first-order valence-electron chi connectivity index (χ1n) is 9.04. The van der Waals surface area contributed by atoms with Crippen molar-refractivity contribution in [1.82, 2.24) is 4.90 Å². The third-order valence-corrected chi connectivity index (χ3v) is 5.01. The Balaban J connectivity index is 0.00000210. The van der Waals surface area contributed by atoms with Crippen LogP contribution in [0.2, 0.25) is 0 Å². The number of benzene rings is 2. The predicted octanol–water partition coefficient (Wildman–Crippen LogP) is 3.64. The second-order valence-electron chi connectivity index (χ2n) is 6.56. The number of hydrogen-bond donors (Lipinski definition) is 1. The number of rotatable bonds is 5. The van der Waals surface area contributed by atoms with E-state index in [1.807, 2.05) is 30.3 Å². The number of nitrogens with zero attached hydrogens (tertiary/aromatic N) is 2. The largest absolute Gasteiger partial charge is 0.497 e. The van der Waals surface area contributed by atoms with Crippen molar-refractivity contribution in [1.29, 1.82) is 0 Å². The molecule has 0 bridgehead atoms. The quantitative estimate of drug-likeness (QED) is 0.723. The molecule has 0 spiro atoms. The highest BCUT2D eigenvalue weighted by molar-refractivity contribution is 6.00. The fraction of sp³-hybridized carbons (Fsp3) is 0.333. The zero-order chi connectivity index (χ0) is 17.9. The summed E-state index contributed by atoms with van der Waals surface area (Å²) in [5.41, 5.74) is 3.08. The number of β-amino-alcohol motifs (C(OH)–C–C–N with tert-alkyl or cyclic N) is 1. The normalized spacial score (nSPS) is 15.0. The zero-order valence-corrected chi connectivity index (χ0v) is 16.2. The summed E-state index contributed by atoms with van der Waals surface area (Å²) < 4.78 is 11.7. The van der Waals surface area contributed by atoms with E-state index in [4.69, 9.17) is 9.15 Å². The average molecular weight is 389 g/mol. The van der Waals surface area contributed by atoms with Crippen LogP contribution in [0.1, 0.15) is 0 Å². The lowest BCUT2D eigenvalue weighted by Gasteiger charge is -2.35. The molecule has 1 fully saturated rings. The van der Waals surface area contributed by atoms with Gasteiger partial charge in [0, 0.05) is 43.7 Å². The third-order valence-electron chi connectivity index (χ3n) is 5.01. The average Bonchev–Trinajstić information content (AvgIpc) is 3.08. The monoisotopic (exact) mass is 388 g/mol. The van der Waals surface area contributed by atoms with E-state index in [1.165, 1.54) is 0 Å². The maximum atomic E-state index is 9.18. The van der Waals surface area contributed by atoms with E-state index in [1.54, 1.807) is 7.11 Å². The number of furan rings is 1. The second kappa shape index (κ2) is 8.65. The van der Waals surface area contributed by atoms with Gasteiger partial charge in [0.15, 0.2) is 5.76 Å². The smallest absolute Gasteiger partial charge is 0.158 e. The van der Waals surface area contributed by atoms with Crippen LogP contribution in [-0.4, -0.2) is 56.4 Å². The molecular weight excluding hydrogens is 364 g/mol. The fourth-order valence-corrected chi connectivity index (χ4v) is 3.63. The number of halogens is 1. The minimum Gasteiger partial charge on any atom is -0.497 e. The minimum absolute atomic E-state index is 0. The number of methoxy groups -OCH3 is 1. The van der Waals surface area contributed by atoms with Crippen molar-refractivity contribution in [3.8, 4) is 17.1 Å². The van der Waals surface area contributed by atoms with Crippen molar-refractivity contribution in [2.75, 3.05) is 51.3 Å². The molecule has 0 saturated carbocycles. The van der Waals surface area contributed by atoms with Crippen LogP contribution in [-0.2, 0) is 0 Å². The molecule has 144 valence electrons. The van der Waals surface area contributed by atoms with Crippen LogP contribution in [0.4, 0.5) is 5.69 Å². The van der Waals surface area contributed by atoms with Gasteiger partial charge in [0.05, 0.1) is 19.4 Å². The number of fused-ring (bicyclic) bond motifs is 1. The Morgan fingerprint density at radius 2 is 1.78 bits per heavy atom. The Morgan fingerprint density at radius 3 is 2.44 bits per heavy atom. The van der Waals surface area contributed by atoms with Crippen LogP contribution < -0.4 is 9.64 Å². The van der Waals surface area contributed by atoms with Gasteiger partial charge in [-0.3, -0.25) is 4.90 Å². The number of aliphatic hydroxyl groups excluding tert-OH is 1. The van der Waals surface area contributed by atoms with Gasteiger partial charge in [-0.25, -0.2) is 0 Å². The molecule has 1 aliphatic heterocycles. The predicted molar refractivity (Wildman–Crippen MR) is 111 cm³/mol. The zero-order valence-electron chi connectivity index (χ0n) is 15.4. The van der Waals surface area contributed by atoms with Gasteiger partial charge < -0.3 is 19.2 Å². The van der Waals surface area contributed by atoms with E-state index in [0.717, 1.165) is 66.5 Å². The van der Waals surface area contributed by atoms with E-state index in [9.17, 15) is 5.11 Å². The van der Waals surface area contributed by atoms with Crippen LogP contribution >= 0.6 is 12.4 Å². The van der Waals surface area contributed by atoms with Crippen molar-refractivity contribution >= 4 is 29.1 Å². The number of anilines is 1. The first kappa shape index (κ1) is 19.5. The molecule has 4 rings (SSSR count). The minimum atomic E-state index is 0. The molecule has 1 aromatic heterocycles. The maximum Gasteiger partial charge on any atom is 0.158 e. The van der Waals surface area contributed by atoms with Gasteiger partial charge in [-0.15, -0.1) is 12.4 Å². The summed E-state index contributed by atoms with van der Waals surface area (Å²) in [6.07, 6.45) is 0. The van der Waals surface area contributed by atoms with Crippen LogP contribution in [0.5, 0.6) is 5.75 Å². The lowest BCUT2D eigenvalue weighted by atomic mass is 10.1. The summed E-state index contributed by atoms with van der Waals surface area (Å²) in [7, 11) is 1.69. The number of ether oxygens (including phenoxy) is 1. The van der Waals surface area contributed by atoms with Crippen LogP contribution in [0.25, 0.3) is 22.3 Å². The van der Waals surface area contributed by atoms with Crippen molar-refractivity contribution in [3.63, 3.8) is 0 Å².